The van der Waals surface area contributed by atoms with Crippen LogP contribution in [0.3, 0.4) is 0 Å². The SMILES string of the molecule is Cc1ccc(C)n1NC(=O)c1cnc(Cl)c(Cl)c1. The molecule has 0 spiro atoms. The summed E-state index contributed by atoms with van der Waals surface area (Å²) in [6, 6.07) is 5.33. The minimum atomic E-state index is -0.288. The Hall–Kier alpha value is -1.52. The highest BCUT2D eigenvalue weighted by Gasteiger charge is 2.11. The number of aromatic nitrogens is 2. The van der Waals surface area contributed by atoms with Gasteiger partial charge < -0.3 is 0 Å². The fraction of sp³-hybridized carbons (Fsp3) is 0.167. The van der Waals surface area contributed by atoms with Crippen LogP contribution in [0.4, 0.5) is 0 Å². The van der Waals surface area contributed by atoms with E-state index in [1.54, 1.807) is 4.68 Å². The third-order valence-corrected chi connectivity index (χ3v) is 3.23. The van der Waals surface area contributed by atoms with E-state index in [9.17, 15) is 4.79 Å². The maximum absolute atomic E-state index is 12.0. The van der Waals surface area contributed by atoms with Crippen molar-refractivity contribution >= 4 is 29.1 Å². The van der Waals surface area contributed by atoms with Crippen LogP contribution in [0.25, 0.3) is 0 Å². The van der Waals surface area contributed by atoms with Crippen LogP contribution in [-0.2, 0) is 0 Å². The van der Waals surface area contributed by atoms with Crippen LogP contribution in [0.2, 0.25) is 10.2 Å². The minimum absolute atomic E-state index is 0.182. The number of nitrogens with one attached hydrogen (secondary N) is 1. The Morgan fingerprint density at radius 3 is 2.44 bits per heavy atom. The molecule has 6 heteroatoms. The van der Waals surface area contributed by atoms with Crippen LogP contribution < -0.4 is 5.43 Å². The molecule has 0 fully saturated rings. The number of amides is 1. The number of aryl methyl sites for hydroxylation is 2. The number of halogens is 2. The van der Waals surface area contributed by atoms with E-state index in [0.29, 0.717) is 5.56 Å². The van der Waals surface area contributed by atoms with E-state index in [2.05, 4.69) is 10.4 Å². The molecule has 0 unspecified atom stereocenters. The predicted molar refractivity (Wildman–Crippen MR) is 71.9 cm³/mol. The van der Waals surface area contributed by atoms with Gasteiger partial charge in [0.05, 0.1) is 10.6 Å². The second-order valence-electron chi connectivity index (χ2n) is 3.89. The first kappa shape index (κ1) is 12.9. The van der Waals surface area contributed by atoms with Crippen LogP contribution >= 0.6 is 23.2 Å². The summed E-state index contributed by atoms with van der Waals surface area (Å²) < 4.78 is 1.70. The van der Waals surface area contributed by atoms with Gasteiger partial charge in [-0.2, -0.15) is 0 Å². The zero-order chi connectivity index (χ0) is 13.3. The number of carbonyl (C=O) groups excluding carboxylic acids is 1. The summed E-state index contributed by atoms with van der Waals surface area (Å²) in [6.07, 6.45) is 1.39. The number of carbonyl (C=O) groups is 1. The highest BCUT2D eigenvalue weighted by atomic mass is 35.5. The van der Waals surface area contributed by atoms with Crippen molar-refractivity contribution in [3.8, 4) is 0 Å². The molecular formula is C12H11Cl2N3O. The van der Waals surface area contributed by atoms with Gasteiger partial charge in [-0.05, 0) is 32.0 Å². The molecule has 0 aliphatic heterocycles. The highest BCUT2D eigenvalue weighted by molar-refractivity contribution is 6.41. The zero-order valence-electron chi connectivity index (χ0n) is 9.87. The predicted octanol–water partition coefficient (Wildman–Crippen LogP) is 3.19. The Labute approximate surface area is 115 Å². The van der Waals surface area contributed by atoms with E-state index in [0.717, 1.165) is 11.4 Å². The van der Waals surface area contributed by atoms with E-state index >= 15 is 0 Å². The van der Waals surface area contributed by atoms with Crippen molar-refractivity contribution in [2.24, 2.45) is 0 Å². The number of pyridine rings is 1. The van der Waals surface area contributed by atoms with Gasteiger partial charge in [0, 0.05) is 17.6 Å². The fourth-order valence-electron chi connectivity index (χ4n) is 1.56. The Bertz CT molecular complexity index is 588. The number of hydrogen-bond acceptors (Lipinski definition) is 2. The average molecular weight is 284 g/mol. The minimum Gasteiger partial charge on any atom is -0.267 e. The first-order chi connectivity index (χ1) is 8.49. The van der Waals surface area contributed by atoms with Crippen molar-refractivity contribution in [1.29, 1.82) is 0 Å². The second kappa shape index (κ2) is 5.00. The standard InChI is InChI=1S/C12H11Cl2N3O/c1-7-3-4-8(2)17(7)16-12(18)9-5-10(13)11(14)15-6-9/h3-6H,1-2H3,(H,16,18). The van der Waals surface area contributed by atoms with Gasteiger partial charge in [0.25, 0.3) is 5.91 Å². The molecule has 2 heterocycles. The molecule has 0 saturated carbocycles. The lowest BCUT2D eigenvalue weighted by Crippen LogP contribution is -2.24. The summed E-state index contributed by atoms with van der Waals surface area (Å²) in [5.41, 5.74) is 4.99. The molecule has 0 atom stereocenters. The van der Waals surface area contributed by atoms with E-state index in [1.807, 2.05) is 26.0 Å². The van der Waals surface area contributed by atoms with Gasteiger partial charge in [-0.15, -0.1) is 0 Å². The smallest absolute Gasteiger partial charge is 0.267 e. The Morgan fingerprint density at radius 1 is 1.28 bits per heavy atom. The van der Waals surface area contributed by atoms with E-state index in [1.165, 1.54) is 12.3 Å². The molecule has 4 nitrogen and oxygen atoms in total. The lowest BCUT2D eigenvalue weighted by molar-refractivity contribution is 0.101. The highest BCUT2D eigenvalue weighted by Crippen LogP contribution is 2.19. The molecule has 2 aromatic rings. The molecule has 94 valence electrons. The van der Waals surface area contributed by atoms with Gasteiger partial charge in [-0.1, -0.05) is 23.2 Å². The van der Waals surface area contributed by atoms with Gasteiger partial charge in [-0.3, -0.25) is 14.9 Å². The second-order valence-corrected chi connectivity index (χ2v) is 4.65. The summed E-state index contributed by atoms with van der Waals surface area (Å²) in [4.78, 5) is 15.8. The molecule has 2 aromatic heterocycles. The van der Waals surface area contributed by atoms with Crippen molar-refractivity contribution < 1.29 is 4.79 Å². The summed E-state index contributed by atoms with van der Waals surface area (Å²) in [7, 11) is 0. The van der Waals surface area contributed by atoms with Gasteiger partial charge in [0.1, 0.15) is 5.15 Å². The van der Waals surface area contributed by atoms with Crippen molar-refractivity contribution in [2.75, 3.05) is 5.43 Å². The van der Waals surface area contributed by atoms with Gasteiger partial charge >= 0.3 is 0 Å². The number of rotatable bonds is 2. The van der Waals surface area contributed by atoms with Crippen molar-refractivity contribution in [3.63, 3.8) is 0 Å². The quantitative estimate of drug-likeness (QED) is 0.861. The van der Waals surface area contributed by atoms with Crippen molar-refractivity contribution in [2.45, 2.75) is 13.8 Å². The molecular weight excluding hydrogens is 273 g/mol. The Balaban J connectivity index is 2.25. The van der Waals surface area contributed by atoms with E-state index in [-0.39, 0.29) is 16.1 Å². The molecule has 0 radical (unpaired) electrons. The molecule has 0 aliphatic rings. The largest absolute Gasteiger partial charge is 0.271 e. The summed E-state index contributed by atoms with van der Waals surface area (Å²) in [5, 5.41) is 0.437. The Morgan fingerprint density at radius 2 is 1.89 bits per heavy atom. The molecule has 0 bridgehead atoms. The van der Waals surface area contributed by atoms with Gasteiger partial charge in [0.15, 0.2) is 0 Å². The molecule has 1 amide bonds. The van der Waals surface area contributed by atoms with Crippen LogP contribution in [0.1, 0.15) is 21.7 Å². The van der Waals surface area contributed by atoms with Gasteiger partial charge in [-0.25, -0.2) is 4.98 Å². The van der Waals surface area contributed by atoms with Gasteiger partial charge in [0.2, 0.25) is 0 Å². The maximum atomic E-state index is 12.0. The first-order valence-corrected chi connectivity index (χ1v) is 6.02. The van der Waals surface area contributed by atoms with Crippen LogP contribution in [0, 0.1) is 13.8 Å². The third-order valence-electron chi connectivity index (χ3n) is 2.54. The monoisotopic (exact) mass is 283 g/mol. The molecule has 0 aliphatic carbocycles. The summed E-state index contributed by atoms with van der Waals surface area (Å²) >= 11 is 11.5. The molecule has 2 rings (SSSR count). The van der Waals surface area contributed by atoms with Crippen molar-refractivity contribution in [1.82, 2.24) is 9.66 Å². The first-order valence-electron chi connectivity index (χ1n) is 5.26. The number of hydrogen-bond donors (Lipinski definition) is 1. The Kier molecular flexibility index (Phi) is 3.59. The maximum Gasteiger partial charge on any atom is 0.271 e. The van der Waals surface area contributed by atoms with Crippen LogP contribution in [0.5, 0.6) is 0 Å². The van der Waals surface area contributed by atoms with E-state index in [4.69, 9.17) is 23.2 Å². The normalized spacial score (nSPS) is 10.4. The third kappa shape index (κ3) is 2.49. The number of nitrogens with zero attached hydrogens (tertiary/aromatic N) is 2. The van der Waals surface area contributed by atoms with Crippen LogP contribution in [-0.4, -0.2) is 15.6 Å². The summed E-state index contributed by atoms with van der Waals surface area (Å²) in [6.45, 7) is 3.81. The fourth-order valence-corrected chi connectivity index (χ4v) is 1.83. The average Bonchev–Trinajstić information content (AvgIpc) is 2.64. The molecule has 0 saturated heterocycles. The van der Waals surface area contributed by atoms with Crippen molar-refractivity contribution in [3.05, 3.63) is 51.5 Å². The molecule has 1 N–H and O–H groups in total. The van der Waals surface area contributed by atoms with E-state index < -0.39 is 0 Å². The zero-order valence-corrected chi connectivity index (χ0v) is 11.4. The lowest BCUT2D eigenvalue weighted by atomic mass is 10.3. The summed E-state index contributed by atoms with van der Waals surface area (Å²) in [5.74, 6) is -0.288. The molecule has 0 aromatic carbocycles. The topological polar surface area (TPSA) is 46.9 Å². The van der Waals surface area contributed by atoms with Crippen LogP contribution in [0.15, 0.2) is 24.4 Å². The lowest BCUT2D eigenvalue weighted by Gasteiger charge is -2.11. The molecule has 18 heavy (non-hydrogen) atoms.